The van der Waals surface area contributed by atoms with Crippen LogP contribution >= 0.6 is 0 Å². The summed E-state index contributed by atoms with van der Waals surface area (Å²) < 4.78 is 0. The molecule has 0 aromatic heterocycles. The van der Waals surface area contributed by atoms with E-state index in [0.29, 0.717) is 0 Å². The number of para-hydroxylation sites is 4. The molecule has 0 saturated heterocycles. The van der Waals surface area contributed by atoms with Gasteiger partial charge in [-0.2, -0.15) is 0 Å². The first-order chi connectivity index (χ1) is 44.5. The van der Waals surface area contributed by atoms with Crippen molar-refractivity contribution in [3.63, 3.8) is 0 Å². The van der Waals surface area contributed by atoms with Gasteiger partial charge in [-0.1, -0.05) is 212 Å². The van der Waals surface area contributed by atoms with E-state index in [9.17, 15) is 0 Å². The monoisotopic (exact) mass is 1190 g/mol. The summed E-state index contributed by atoms with van der Waals surface area (Å²) in [6, 6.07) is 101. The van der Waals surface area contributed by atoms with Crippen molar-refractivity contribution in [1.29, 1.82) is 0 Å². The van der Waals surface area contributed by atoms with Crippen LogP contribution < -0.4 is 19.6 Å². The molecule has 446 valence electrons. The molecule has 0 saturated carbocycles. The summed E-state index contributed by atoms with van der Waals surface area (Å²) in [5.74, 6) is 0. The number of anilines is 12. The molecule has 0 radical (unpaired) electrons. The Hall–Kier alpha value is -10.4. The summed E-state index contributed by atoms with van der Waals surface area (Å²) in [7, 11) is 0. The van der Waals surface area contributed by atoms with Crippen LogP contribution in [0.3, 0.4) is 0 Å². The Morgan fingerprint density at radius 1 is 0.228 bits per heavy atom. The Balaban J connectivity index is 0.970. The minimum absolute atomic E-state index is 0.230. The summed E-state index contributed by atoms with van der Waals surface area (Å²) in [6.07, 6.45) is 0. The third-order valence-corrected chi connectivity index (χ3v) is 21.4. The largest absolute Gasteiger partial charge is 0.310 e. The zero-order valence-electron chi connectivity index (χ0n) is 54.2. The van der Waals surface area contributed by atoms with Gasteiger partial charge in [0.15, 0.2) is 0 Å². The molecule has 0 atom stereocenters. The van der Waals surface area contributed by atoms with Gasteiger partial charge in [-0.25, -0.2) is 0 Å². The Labute approximate surface area is 541 Å². The first-order valence-corrected chi connectivity index (χ1v) is 32.7. The zero-order valence-corrected chi connectivity index (χ0v) is 54.2. The minimum Gasteiger partial charge on any atom is -0.310 e. The molecule has 0 fully saturated rings. The molecule has 0 spiro atoms. The second-order valence-corrected chi connectivity index (χ2v) is 28.3. The lowest BCUT2D eigenvalue weighted by Gasteiger charge is -2.45. The molecular weight excluding hydrogens is 1110 g/mol. The molecule has 0 bridgehead atoms. The van der Waals surface area contributed by atoms with Crippen LogP contribution in [0, 0.1) is 13.8 Å². The highest BCUT2D eigenvalue weighted by Gasteiger charge is 2.46. The smallest absolute Gasteiger partial charge is 0.0620 e. The normalized spacial score (nSPS) is 15.4. The molecule has 4 aliphatic rings. The van der Waals surface area contributed by atoms with E-state index in [1.165, 1.54) is 134 Å². The molecule has 4 heteroatoms. The fourth-order valence-electron chi connectivity index (χ4n) is 16.7. The highest BCUT2D eigenvalue weighted by Crippen LogP contribution is 2.64. The maximum absolute atomic E-state index is 2.69. The first kappa shape index (κ1) is 55.6. The zero-order chi connectivity index (χ0) is 62.7. The van der Waals surface area contributed by atoms with Gasteiger partial charge >= 0.3 is 0 Å². The molecule has 2 aliphatic heterocycles. The maximum Gasteiger partial charge on any atom is 0.0620 e. The van der Waals surface area contributed by atoms with Crippen LogP contribution in [0.25, 0.3) is 43.8 Å². The van der Waals surface area contributed by atoms with E-state index in [1.807, 2.05) is 0 Å². The molecule has 4 nitrogen and oxygen atoms in total. The van der Waals surface area contributed by atoms with Gasteiger partial charge in [0.2, 0.25) is 0 Å². The third kappa shape index (κ3) is 8.02. The summed E-state index contributed by atoms with van der Waals surface area (Å²) in [4.78, 5) is 10.2. The topological polar surface area (TPSA) is 13.0 Å². The Bertz CT molecular complexity index is 4790. The van der Waals surface area contributed by atoms with Gasteiger partial charge in [0, 0.05) is 77.3 Å². The Morgan fingerprint density at radius 3 is 0.902 bits per heavy atom. The van der Waals surface area contributed by atoms with Gasteiger partial charge in [0.25, 0.3) is 0 Å². The van der Waals surface area contributed by atoms with Crippen LogP contribution in [0.4, 0.5) is 68.2 Å². The fourth-order valence-corrected chi connectivity index (χ4v) is 16.7. The number of aryl methyl sites for hydroxylation is 2. The van der Waals surface area contributed by atoms with Gasteiger partial charge in [0.05, 0.1) is 34.1 Å². The Kier molecular flexibility index (Phi) is 12.1. The lowest BCUT2D eigenvalue weighted by molar-refractivity contribution is 0.627. The number of fused-ring (bicyclic) bond motifs is 12. The molecular formula is C88H74N4. The fraction of sp³-hybridized carbons (Fsp3) is 0.159. The lowest BCUT2D eigenvalue weighted by atomic mass is 9.71. The second-order valence-electron chi connectivity index (χ2n) is 28.3. The van der Waals surface area contributed by atoms with E-state index in [1.54, 1.807) is 0 Å². The predicted molar refractivity (Wildman–Crippen MR) is 389 cm³/mol. The molecule has 13 aromatic rings. The summed E-state index contributed by atoms with van der Waals surface area (Å²) in [5.41, 5.74) is 30.9. The van der Waals surface area contributed by atoms with E-state index in [-0.39, 0.29) is 10.8 Å². The van der Waals surface area contributed by atoms with Gasteiger partial charge < -0.3 is 19.6 Å². The molecule has 0 N–H and O–H groups in total. The van der Waals surface area contributed by atoms with Gasteiger partial charge in [0.1, 0.15) is 0 Å². The standard InChI is InChI=1S/C88H74N4/c1-55-39-43-65-69(47-55)83(91-79-45-41-61(89(57-27-15-11-16-28-57)58-29-17-12-18-30-58)49-75(79)87(7,8)77-51-67-63-35-23-25-37-71(63)85(3,4)73(67)53-81(77)91)66-44-40-56(2)48-70(66)84(65)92-80-46-42-62(90(59-31-19-13-20-32-59)60-33-21-14-22-34-60)50-76(80)88(9,10)78-52-68-64-36-24-26-38-72(64)86(5,6)74(68)54-82(78)92/h11-54H,1-10H3. The van der Waals surface area contributed by atoms with E-state index in [0.717, 1.165) is 34.1 Å². The van der Waals surface area contributed by atoms with Crippen LogP contribution in [-0.2, 0) is 21.7 Å². The number of nitrogens with zero attached hydrogens (tertiary/aromatic N) is 4. The maximum atomic E-state index is 2.69. The van der Waals surface area contributed by atoms with E-state index < -0.39 is 10.8 Å². The number of hydrogen-bond acceptors (Lipinski definition) is 4. The number of hydrogen-bond donors (Lipinski definition) is 0. The SMILES string of the molecule is Cc1ccc2c(N3c4ccc(N(c5ccccc5)c5ccccc5)cc4C(C)(C)c4cc5c(cc43)C(C)(C)c3ccccc3-5)c3cc(C)ccc3c(N3c4ccc(N(c5ccccc5)c5ccccc5)cc4C(C)(C)c4cc5c(cc43)C(C)(C)c3ccccc3-5)c2c1. The van der Waals surface area contributed by atoms with Crippen LogP contribution in [0.1, 0.15) is 111 Å². The van der Waals surface area contributed by atoms with Crippen LogP contribution in [0.5, 0.6) is 0 Å². The Morgan fingerprint density at radius 2 is 0.543 bits per heavy atom. The second kappa shape index (κ2) is 20.0. The quantitative estimate of drug-likeness (QED) is 0.141. The van der Waals surface area contributed by atoms with E-state index >= 15 is 0 Å². The van der Waals surface area contributed by atoms with Crippen molar-refractivity contribution in [2.45, 2.75) is 90.9 Å². The molecule has 92 heavy (non-hydrogen) atoms. The highest BCUT2D eigenvalue weighted by atomic mass is 15.2. The van der Waals surface area contributed by atoms with E-state index in [4.69, 9.17) is 0 Å². The van der Waals surface area contributed by atoms with Crippen molar-refractivity contribution < 1.29 is 0 Å². The van der Waals surface area contributed by atoms with Crippen molar-refractivity contribution >= 4 is 89.8 Å². The molecule has 13 aromatic carbocycles. The molecule has 2 heterocycles. The van der Waals surface area contributed by atoms with Gasteiger partial charge in [-0.05, 0) is 202 Å². The van der Waals surface area contributed by atoms with Crippen molar-refractivity contribution in [2.24, 2.45) is 0 Å². The summed E-state index contributed by atoms with van der Waals surface area (Å²) in [6.45, 7) is 24.1. The average Bonchev–Trinajstić information content (AvgIpc) is 1.14. The van der Waals surface area contributed by atoms with Crippen molar-refractivity contribution in [3.8, 4) is 22.3 Å². The van der Waals surface area contributed by atoms with E-state index in [2.05, 4.69) is 356 Å². The molecule has 2 aliphatic carbocycles. The van der Waals surface area contributed by atoms with Crippen LogP contribution in [0.15, 0.2) is 267 Å². The summed E-state index contributed by atoms with van der Waals surface area (Å²) >= 11 is 0. The van der Waals surface area contributed by atoms with Crippen LogP contribution in [-0.4, -0.2) is 0 Å². The van der Waals surface area contributed by atoms with Crippen molar-refractivity contribution in [1.82, 2.24) is 0 Å². The minimum atomic E-state index is -0.428. The van der Waals surface area contributed by atoms with Gasteiger partial charge in [-0.3, -0.25) is 0 Å². The van der Waals surface area contributed by atoms with Crippen LogP contribution in [0.2, 0.25) is 0 Å². The van der Waals surface area contributed by atoms with Crippen molar-refractivity contribution in [3.05, 3.63) is 323 Å². The number of benzene rings is 13. The van der Waals surface area contributed by atoms with Gasteiger partial charge in [-0.15, -0.1) is 0 Å². The van der Waals surface area contributed by atoms with Crippen molar-refractivity contribution in [2.75, 3.05) is 19.6 Å². The first-order valence-electron chi connectivity index (χ1n) is 32.7. The molecule has 17 rings (SSSR count). The third-order valence-electron chi connectivity index (χ3n) is 21.4. The molecule has 0 unspecified atom stereocenters. The predicted octanol–water partition coefficient (Wildman–Crippen LogP) is 24.4. The summed E-state index contributed by atoms with van der Waals surface area (Å²) in [5, 5.41) is 4.79. The number of rotatable bonds is 8. The lowest BCUT2D eigenvalue weighted by Crippen LogP contribution is -2.32. The average molecular weight is 1190 g/mol. The highest BCUT2D eigenvalue weighted by molar-refractivity contribution is 6.24. The molecule has 0 amide bonds.